The summed E-state index contributed by atoms with van der Waals surface area (Å²) < 4.78 is 11.0. The molecular formula is C19H23NO4. The molecule has 2 N–H and O–H groups in total. The average molecular weight is 329 g/mol. The molecule has 0 radical (unpaired) electrons. The smallest absolute Gasteiger partial charge is 0.344 e. The number of nitrogens with one attached hydrogen (secondary N) is 1. The van der Waals surface area contributed by atoms with Crippen LogP contribution in [0, 0.1) is 0 Å². The highest BCUT2D eigenvalue weighted by Gasteiger charge is 2.12. The summed E-state index contributed by atoms with van der Waals surface area (Å²) in [5.74, 6) is 0.475. The second-order valence-corrected chi connectivity index (χ2v) is 5.44. The Morgan fingerprint density at radius 1 is 1.12 bits per heavy atom. The molecule has 0 amide bonds. The van der Waals surface area contributed by atoms with Gasteiger partial charge < -0.3 is 19.9 Å². The van der Waals surface area contributed by atoms with Crippen molar-refractivity contribution >= 4 is 5.97 Å². The Labute approximate surface area is 142 Å². The zero-order valence-corrected chi connectivity index (χ0v) is 13.8. The van der Waals surface area contributed by atoms with E-state index in [0.717, 1.165) is 24.3 Å². The van der Waals surface area contributed by atoms with Crippen LogP contribution >= 0.6 is 0 Å². The molecule has 0 bridgehead atoms. The quantitative estimate of drug-likeness (QED) is 0.656. The van der Waals surface area contributed by atoms with Crippen LogP contribution in [0.4, 0.5) is 0 Å². The molecule has 5 nitrogen and oxygen atoms in total. The van der Waals surface area contributed by atoms with Crippen LogP contribution in [-0.4, -0.2) is 30.3 Å². The number of rotatable bonds is 10. The highest BCUT2D eigenvalue weighted by molar-refractivity contribution is 5.72. The minimum Gasteiger partial charge on any atom is -0.494 e. The van der Waals surface area contributed by atoms with Gasteiger partial charge in [-0.2, -0.15) is 0 Å². The minimum atomic E-state index is -0.975. The maximum absolute atomic E-state index is 10.8. The first kappa shape index (κ1) is 17.8. The highest BCUT2D eigenvalue weighted by atomic mass is 16.5. The van der Waals surface area contributed by atoms with E-state index in [1.807, 2.05) is 48.5 Å². The van der Waals surface area contributed by atoms with E-state index in [2.05, 4.69) is 5.32 Å². The predicted octanol–water partition coefficient (Wildman–Crippen LogP) is 3.10. The maximum Gasteiger partial charge on any atom is 0.344 e. The van der Waals surface area contributed by atoms with Crippen LogP contribution in [0.3, 0.4) is 0 Å². The maximum atomic E-state index is 10.8. The van der Waals surface area contributed by atoms with Crippen LogP contribution in [0.2, 0.25) is 0 Å². The van der Waals surface area contributed by atoms with Crippen LogP contribution < -0.4 is 14.8 Å². The lowest BCUT2D eigenvalue weighted by Gasteiger charge is -2.12. The molecular weight excluding hydrogens is 306 g/mol. The van der Waals surface area contributed by atoms with E-state index >= 15 is 0 Å². The predicted molar refractivity (Wildman–Crippen MR) is 92.4 cm³/mol. The fourth-order valence-electron chi connectivity index (χ4n) is 2.12. The summed E-state index contributed by atoms with van der Waals surface area (Å²) in [5.41, 5.74) is 1.05. The number of carboxylic acid groups (broad SMARTS) is 1. The lowest BCUT2D eigenvalue weighted by molar-refractivity contribution is -0.144. The van der Waals surface area contributed by atoms with Crippen molar-refractivity contribution in [1.82, 2.24) is 5.32 Å². The van der Waals surface area contributed by atoms with Crippen molar-refractivity contribution in [3.05, 3.63) is 60.2 Å². The van der Waals surface area contributed by atoms with Crippen LogP contribution in [-0.2, 0) is 11.3 Å². The van der Waals surface area contributed by atoms with Crippen molar-refractivity contribution in [1.29, 1.82) is 0 Å². The molecule has 0 spiro atoms. The van der Waals surface area contributed by atoms with Crippen molar-refractivity contribution in [3.63, 3.8) is 0 Å². The Hall–Kier alpha value is -2.53. The van der Waals surface area contributed by atoms with Gasteiger partial charge in [0.1, 0.15) is 11.5 Å². The van der Waals surface area contributed by atoms with Crippen LogP contribution in [0.15, 0.2) is 54.6 Å². The van der Waals surface area contributed by atoms with Gasteiger partial charge in [-0.25, -0.2) is 4.79 Å². The minimum absolute atomic E-state index is 0.566. The van der Waals surface area contributed by atoms with Crippen molar-refractivity contribution in [2.75, 3.05) is 13.2 Å². The molecule has 0 aliphatic rings. The van der Waals surface area contributed by atoms with Gasteiger partial charge in [-0.05, 0) is 49.7 Å². The van der Waals surface area contributed by atoms with Crippen LogP contribution in [0.1, 0.15) is 18.9 Å². The Kier molecular flexibility index (Phi) is 7.11. The van der Waals surface area contributed by atoms with Gasteiger partial charge in [0.05, 0.1) is 6.61 Å². The van der Waals surface area contributed by atoms with Gasteiger partial charge in [-0.3, -0.25) is 0 Å². The fourth-order valence-corrected chi connectivity index (χ4v) is 2.12. The molecule has 0 saturated carbocycles. The molecule has 0 aliphatic heterocycles. The van der Waals surface area contributed by atoms with Crippen LogP contribution in [0.25, 0.3) is 0 Å². The first-order valence-corrected chi connectivity index (χ1v) is 8.02. The van der Waals surface area contributed by atoms with Gasteiger partial charge in [0.15, 0.2) is 6.10 Å². The Balaban J connectivity index is 1.66. The van der Waals surface area contributed by atoms with Crippen LogP contribution in [0.5, 0.6) is 11.5 Å². The van der Waals surface area contributed by atoms with E-state index in [9.17, 15) is 4.79 Å². The van der Waals surface area contributed by atoms with Gasteiger partial charge in [-0.15, -0.1) is 0 Å². The van der Waals surface area contributed by atoms with Crippen molar-refractivity contribution in [2.45, 2.75) is 26.0 Å². The molecule has 0 unspecified atom stereocenters. The topological polar surface area (TPSA) is 67.8 Å². The Bertz CT molecular complexity index is 630. The third kappa shape index (κ3) is 6.30. The van der Waals surface area contributed by atoms with Crippen molar-refractivity contribution in [3.8, 4) is 11.5 Å². The molecule has 1 atom stereocenters. The second kappa shape index (κ2) is 9.57. The molecule has 0 heterocycles. The molecule has 0 saturated heterocycles. The number of benzene rings is 2. The molecule has 0 fully saturated rings. The summed E-state index contributed by atoms with van der Waals surface area (Å²) in [5, 5.41) is 12.2. The van der Waals surface area contributed by atoms with E-state index in [4.69, 9.17) is 14.6 Å². The van der Waals surface area contributed by atoms with E-state index in [-0.39, 0.29) is 0 Å². The normalized spacial score (nSPS) is 11.7. The average Bonchev–Trinajstić information content (AvgIpc) is 2.59. The van der Waals surface area contributed by atoms with Gasteiger partial charge >= 0.3 is 5.97 Å². The van der Waals surface area contributed by atoms with Crippen molar-refractivity contribution < 1.29 is 19.4 Å². The summed E-state index contributed by atoms with van der Waals surface area (Å²) >= 11 is 0. The van der Waals surface area contributed by atoms with E-state index in [1.165, 1.54) is 6.92 Å². The third-order valence-electron chi connectivity index (χ3n) is 3.40. The summed E-state index contributed by atoms with van der Waals surface area (Å²) in [6.45, 7) is 3.71. The van der Waals surface area contributed by atoms with Gasteiger partial charge in [-0.1, -0.05) is 30.3 Å². The van der Waals surface area contributed by atoms with Gasteiger partial charge in [0, 0.05) is 6.54 Å². The van der Waals surface area contributed by atoms with E-state index in [1.54, 1.807) is 6.07 Å². The highest BCUT2D eigenvalue weighted by Crippen LogP contribution is 2.15. The molecule has 24 heavy (non-hydrogen) atoms. The molecule has 0 aromatic heterocycles. The molecule has 2 aromatic carbocycles. The molecule has 128 valence electrons. The number of aliphatic carboxylic acids is 1. The SMILES string of the molecule is C[C@@H](Oc1cccc(CNCCCOc2ccccc2)c1)C(=O)O. The number of hydrogen-bond donors (Lipinski definition) is 2. The standard InChI is InChI=1S/C19H23NO4/c1-15(19(21)22)24-18-10-5-7-16(13-18)14-20-11-6-12-23-17-8-3-2-4-9-17/h2-5,7-10,13,15,20H,6,11-12,14H2,1H3,(H,21,22)/t15-/m1/s1. The van der Waals surface area contributed by atoms with Gasteiger partial charge in [0.25, 0.3) is 0 Å². The molecule has 5 heteroatoms. The lowest BCUT2D eigenvalue weighted by Crippen LogP contribution is -2.23. The summed E-state index contributed by atoms with van der Waals surface area (Å²) in [7, 11) is 0. The van der Waals surface area contributed by atoms with Gasteiger partial charge in [0.2, 0.25) is 0 Å². The number of carbonyl (C=O) groups is 1. The van der Waals surface area contributed by atoms with E-state index < -0.39 is 12.1 Å². The molecule has 2 rings (SSSR count). The zero-order valence-electron chi connectivity index (χ0n) is 13.8. The first-order chi connectivity index (χ1) is 11.6. The third-order valence-corrected chi connectivity index (χ3v) is 3.40. The summed E-state index contributed by atoms with van der Waals surface area (Å²) in [6, 6.07) is 17.2. The van der Waals surface area contributed by atoms with Crippen molar-refractivity contribution in [2.24, 2.45) is 0 Å². The summed E-state index contributed by atoms with van der Waals surface area (Å²) in [4.78, 5) is 10.8. The fraction of sp³-hybridized carbons (Fsp3) is 0.316. The monoisotopic (exact) mass is 329 g/mol. The number of para-hydroxylation sites is 1. The number of ether oxygens (including phenoxy) is 2. The Morgan fingerprint density at radius 3 is 2.62 bits per heavy atom. The molecule has 2 aromatic rings. The zero-order chi connectivity index (χ0) is 17.2. The Morgan fingerprint density at radius 2 is 1.88 bits per heavy atom. The lowest BCUT2D eigenvalue weighted by atomic mass is 10.2. The second-order valence-electron chi connectivity index (χ2n) is 5.44. The van der Waals surface area contributed by atoms with E-state index in [0.29, 0.717) is 18.9 Å². The summed E-state index contributed by atoms with van der Waals surface area (Å²) in [6.07, 6.45) is 0.0459. The number of hydrogen-bond acceptors (Lipinski definition) is 4. The number of carboxylic acids is 1. The first-order valence-electron chi connectivity index (χ1n) is 8.02. The largest absolute Gasteiger partial charge is 0.494 e. The molecule has 0 aliphatic carbocycles.